The number of hydrogen-bond acceptors (Lipinski definition) is 3. The molecule has 1 spiro atoms. The van der Waals surface area contributed by atoms with E-state index in [1.54, 1.807) is 6.07 Å². The molecule has 0 N–H and O–H groups in total. The zero-order chi connectivity index (χ0) is 24.2. The van der Waals surface area contributed by atoms with Crippen LogP contribution in [0, 0.1) is 0 Å². The fourth-order valence-corrected chi connectivity index (χ4v) is 5.13. The molecule has 0 bridgehead atoms. The predicted octanol–water partition coefficient (Wildman–Crippen LogP) is 4.61. The fraction of sp³-hybridized carbons (Fsp3) is 0.520. The molecule has 0 unspecified atom stereocenters. The Morgan fingerprint density at radius 2 is 1.48 bits per heavy atom. The highest BCUT2D eigenvalue weighted by molar-refractivity contribution is 5.99. The molecule has 1 fully saturated rings. The van der Waals surface area contributed by atoms with Gasteiger partial charge in [-0.25, -0.2) is 0 Å². The molecule has 33 heavy (non-hydrogen) atoms. The van der Waals surface area contributed by atoms with Gasteiger partial charge >= 0.3 is 6.18 Å². The summed E-state index contributed by atoms with van der Waals surface area (Å²) in [5.74, 6) is -1.84. The largest absolute Gasteiger partial charge is 0.456 e. The third-order valence-corrected chi connectivity index (χ3v) is 7.21. The van der Waals surface area contributed by atoms with Crippen molar-refractivity contribution in [2.75, 3.05) is 26.7 Å². The number of hydrogen-bond donors (Lipinski definition) is 0. The van der Waals surface area contributed by atoms with Crippen LogP contribution in [0.15, 0.2) is 36.4 Å². The molecule has 2 aromatic rings. The Kier molecular flexibility index (Phi) is 5.71. The molecule has 1 aromatic carbocycles. The first-order valence-electron chi connectivity index (χ1n) is 11.3. The van der Waals surface area contributed by atoms with Gasteiger partial charge in [0, 0.05) is 37.4 Å². The monoisotopic (exact) mass is 461 g/mol. The average Bonchev–Trinajstić information content (AvgIpc) is 3.19. The highest BCUT2D eigenvalue weighted by atomic mass is 19.4. The molecule has 2 aliphatic heterocycles. The molecule has 8 heteroatoms. The fourth-order valence-electron chi connectivity index (χ4n) is 5.13. The quantitative estimate of drug-likeness (QED) is 0.614. The molecule has 178 valence electrons. The van der Waals surface area contributed by atoms with E-state index < -0.39 is 17.5 Å². The first-order chi connectivity index (χ1) is 15.3. The lowest BCUT2D eigenvalue weighted by atomic mass is 9.81. The van der Waals surface area contributed by atoms with E-state index in [0.717, 1.165) is 11.3 Å². The number of Topliss-reactive ketones (excluding diaryl/α,β-unsaturated/α-hetero) is 1. The summed E-state index contributed by atoms with van der Waals surface area (Å²) in [6.07, 6.45) is -3.71. The molecule has 0 aliphatic carbocycles. The zero-order valence-corrected chi connectivity index (χ0v) is 19.5. The van der Waals surface area contributed by atoms with Crippen molar-refractivity contribution in [1.29, 1.82) is 0 Å². The summed E-state index contributed by atoms with van der Waals surface area (Å²) in [6, 6.07) is 10.6. The van der Waals surface area contributed by atoms with Gasteiger partial charge in [-0.3, -0.25) is 14.5 Å². The van der Waals surface area contributed by atoms with Crippen LogP contribution in [0.3, 0.4) is 0 Å². The van der Waals surface area contributed by atoms with Crippen LogP contribution in [-0.2, 0) is 17.5 Å². The van der Waals surface area contributed by atoms with E-state index in [2.05, 4.69) is 25.7 Å². The standard InChI is InChI=1S/C25H30F3N3O2/c1-23(2,3)18-7-5-17(6-8-18)22(33)30-13-11-24(12-14-30)20-10-9-19(21(32)25(26,27)28)31(20)16-15-29(24)4/h5-10H,11-16H2,1-4H3. The molecular weight excluding hydrogens is 431 g/mol. The molecule has 4 rings (SSSR count). The van der Waals surface area contributed by atoms with Crippen LogP contribution in [0.1, 0.15) is 65.7 Å². The number of nitrogens with zero attached hydrogens (tertiary/aromatic N) is 3. The zero-order valence-electron chi connectivity index (χ0n) is 19.5. The Morgan fingerprint density at radius 3 is 2.03 bits per heavy atom. The number of rotatable bonds is 2. The summed E-state index contributed by atoms with van der Waals surface area (Å²) < 4.78 is 40.7. The van der Waals surface area contributed by atoms with Gasteiger partial charge < -0.3 is 9.47 Å². The van der Waals surface area contributed by atoms with Crippen molar-refractivity contribution in [3.63, 3.8) is 0 Å². The molecule has 1 aromatic heterocycles. The van der Waals surface area contributed by atoms with E-state index in [-0.39, 0.29) is 17.0 Å². The van der Waals surface area contributed by atoms with E-state index in [0.29, 0.717) is 44.6 Å². The number of aromatic nitrogens is 1. The number of piperidine rings is 1. The van der Waals surface area contributed by atoms with Crippen LogP contribution in [0.5, 0.6) is 0 Å². The second-order valence-corrected chi connectivity index (χ2v) is 10.2. The Bertz CT molecular complexity index is 1060. The number of carbonyl (C=O) groups excluding carboxylic acids is 2. The third-order valence-electron chi connectivity index (χ3n) is 7.21. The average molecular weight is 462 g/mol. The number of benzene rings is 1. The Hall–Kier alpha value is -2.61. The lowest BCUT2D eigenvalue weighted by Gasteiger charge is -2.50. The van der Waals surface area contributed by atoms with Crippen LogP contribution in [0.2, 0.25) is 0 Å². The van der Waals surface area contributed by atoms with Crippen LogP contribution in [-0.4, -0.2) is 58.9 Å². The number of fused-ring (bicyclic) bond motifs is 2. The number of likely N-dealkylation sites (N-methyl/N-ethyl adjacent to an activating group) is 1. The van der Waals surface area contributed by atoms with Gasteiger partial charge in [0.1, 0.15) is 0 Å². The third kappa shape index (κ3) is 4.09. The number of halogens is 3. The molecule has 0 saturated carbocycles. The Labute approximate surface area is 192 Å². The van der Waals surface area contributed by atoms with Gasteiger partial charge in [-0.2, -0.15) is 13.2 Å². The summed E-state index contributed by atoms with van der Waals surface area (Å²) in [5, 5.41) is 0. The summed E-state index contributed by atoms with van der Waals surface area (Å²) in [7, 11) is 1.96. The minimum absolute atomic E-state index is 0.00587. The van der Waals surface area contributed by atoms with Crippen LogP contribution in [0.25, 0.3) is 0 Å². The van der Waals surface area contributed by atoms with Gasteiger partial charge in [-0.1, -0.05) is 32.9 Å². The Balaban J connectivity index is 1.54. The van der Waals surface area contributed by atoms with Gasteiger partial charge in [0.15, 0.2) is 0 Å². The summed E-state index contributed by atoms with van der Waals surface area (Å²) in [4.78, 5) is 29.0. The maximum Gasteiger partial charge on any atom is 0.456 e. The second-order valence-electron chi connectivity index (χ2n) is 10.2. The summed E-state index contributed by atoms with van der Waals surface area (Å²) >= 11 is 0. The van der Waals surface area contributed by atoms with E-state index in [1.807, 2.05) is 36.2 Å². The van der Waals surface area contributed by atoms with Gasteiger partial charge in [-0.15, -0.1) is 0 Å². The van der Waals surface area contributed by atoms with E-state index in [1.165, 1.54) is 10.6 Å². The minimum atomic E-state index is -4.90. The first-order valence-corrected chi connectivity index (χ1v) is 11.3. The van der Waals surface area contributed by atoms with Gasteiger partial charge in [0.05, 0.1) is 11.2 Å². The molecule has 2 aliphatic rings. The molecule has 3 heterocycles. The van der Waals surface area contributed by atoms with Crippen molar-refractivity contribution in [2.24, 2.45) is 0 Å². The number of alkyl halides is 3. The van der Waals surface area contributed by atoms with E-state index in [4.69, 9.17) is 0 Å². The molecule has 0 atom stereocenters. The molecule has 5 nitrogen and oxygen atoms in total. The van der Waals surface area contributed by atoms with Crippen molar-refractivity contribution in [3.8, 4) is 0 Å². The van der Waals surface area contributed by atoms with Crippen molar-refractivity contribution in [1.82, 2.24) is 14.4 Å². The maximum absolute atomic E-state index is 13.1. The van der Waals surface area contributed by atoms with E-state index in [9.17, 15) is 22.8 Å². The molecule has 0 radical (unpaired) electrons. The normalized spacial score (nSPS) is 18.9. The molecular formula is C25H30F3N3O2. The summed E-state index contributed by atoms with van der Waals surface area (Å²) in [6.45, 7) is 8.24. The SMILES string of the molecule is CN1CCn2c(C(=O)C(F)(F)F)ccc2C12CCN(C(=O)c1ccc(C(C)(C)C)cc1)CC2. The lowest BCUT2D eigenvalue weighted by molar-refractivity contribution is -0.0892. The first kappa shape index (κ1) is 23.5. The van der Waals surface area contributed by atoms with Crippen LogP contribution in [0.4, 0.5) is 13.2 Å². The van der Waals surface area contributed by atoms with E-state index >= 15 is 0 Å². The smallest absolute Gasteiger partial charge is 0.339 e. The summed E-state index contributed by atoms with van der Waals surface area (Å²) in [5.41, 5.74) is 1.73. The minimum Gasteiger partial charge on any atom is -0.339 e. The maximum atomic E-state index is 13.1. The highest BCUT2D eigenvalue weighted by Crippen LogP contribution is 2.42. The van der Waals surface area contributed by atoms with Crippen molar-refractivity contribution in [2.45, 2.75) is 57.3 Å². The lowest BCUT2D eigenvalue weighted by Crippen LogP contribution is -2.56. The number of carbonyl (C=O) groups is 2. The van der Waals surface area contributed by atoms with Crippen LogP contribution >= 0.6 is 0 Å². The van der Waals surface area contributed by atoms with Gasteiger partial charge in [-0.05, 0) is 55.1 Å². The van der Waals surface area contributed by atoms with Gasteiger partial charge in [0.25, 0.3) is 11.7 Å². The number of ketones is 1. The molecule has 1 saturated heterocycles. The van der Waals surface area contributed by atoms with Gasteiger partial charge in [0.2, 0.25) is 0 Å². The Morgan fingerprint density at radius 1 is 0.879 bits per heavy atom. The van der Waals surface area contributed by atoms with Crippen molar-refractivity contribution in [3.05, 3.63) is 58.9 Å². The number of likely N-dealkylation sites (tertiary alicyclic amines) is 1. The predicted molar refractivity (Wildman–Crippen MR) is 119 cm³/mol. The van der Waals surface area contributed by atoms with Crippen LogP contribution < -0.4 is 0 Å². The highest BCUT2D eigenvalue weighted by Gasteiger charge is 2.47. The second kappa shape index (κ2) is 8.01. The topological polar surface area (TPSA) is 45.6 Å². The van der Waals surface area contributed by atoms with Crippen molar-refractivity contribution < 1.29 is 22.8 Å². The number of amides is 1. The van der Waals surface area contributed by atoms with Crippen molar-refractivity contribution >= 4 is 11.7 Å². The molecule has 1 amide bonds.